The van der Waals surface area contributed by atoms with Crippen LogP contribution >= 0.6 is 0 Å². The van der Waals surface area contributed by atoms with Gasteiger partial charge in [0.05, 0.1) is 6.07 Å². The number of nitrogens with two attached hydrogens (primary N) is 1. The maximum atomic E-state index is 8.73. The third kappa shape index (κ3) is 2.80. The Labute approximate surface area is 74.2 Å². The summed E-state index contributed by atoms with van der Waals surface area (Å²) >= 11 is 0. The number of nitriles is 1. The smallest absolute Gasteiger partial charge is 0.104 e. The average Bonchev–Trinajstić information content (AvgIpc) is 2.52. The number of hydrogen-bond acceptors (Lipinski definition) is 3. The lowest BCUT2D eigenvalue weighted by molar-refractivity contribution is 0.226. The van der Waals surface area contributed by atoms with Crippen LogP contribution in [-0.2, 0) is 0 Å². The van der Waals surface area contributed by atoms with Gasteiger partial charge in [-0.2, -0.15) is 5.26 Å². The standard InChI is InChI=1S/C7H12N2O.C2H6/c8-5-7(9)2-1-6(3-7)4-10;1-2/h6,10H,1-4,9H2;1-2H3. The molecule has 0 heterocycles. The highest BCUT2D eigenvalue weighted by Gasteiger charge is 2.35. The van der Waals surface area contributed by atoms with Crippen molar-refractivity contribution in [3.8, 4) is 6.07 Å². The average molecular weight is 170 g/mol. The second-order valence-corrected chi connectivity index (χ2v) is 3.06. The monoisotopic (exact) mass is 170 g/mol. The molecule has 1 rings (SSSR count). The highest BCUT2D eigenvalue weighted by molar-refractivity contribution is 5.09. The van der Waals surface area contributed by atoms with Gasteiger partial charge < -0.3 is 10.8 Å². The molecule has 3 N–H and O–H groups in total. The van der Waals surface area contributed by atoms with Crippen molar-refractivity contribution in [3.05, 3.63) is 0 Å². The molecular formula is C9H18N2O. The first kappa shape index (κ1) is 11.4. The summed E-state index contributed by atoms with van der Waals surface area (Å²) in [7, 11) is 0. The maximum Gasteiger partial charge on any atom is 0.104 e. The van der Waals surface area contributed by atoms with Gasteiger partial charge in [0.1, 0.15) is 5.54 Å². The zero-order valence-corrected chi connectivity index (χ0v) is 7.88. The van der Waals surface area contributed by atoms with E-state index in [4.69, 9.17) is 16.1 Å². The van der Waals surface area contributed by atoms with Crippen molar-refractivity contribution in [2.24, 2.45) is 11.7 Å². The Morgan fingerprint density at radius 1 is 1.67 bits per heavy atom. The quantitative estimate of drug-likeness (QED) is 0.617. The Hall–Kier alpha value is -0.590. The Morgan fingerprint density at radius 3 is 2.50 bits per heavy atom. The molecule has 1 fully saturated rings. The summed E-state index contributed by atoms with van der Waals surface area (Å²) in [6.07, 6.45) is 2.27. The molecule has 0 amide bonds. The highest BCUT2D eigenvalue weighted by atomic mass is 16.3. The van der Waals surface area contributed by atoms with Crippen LogP contribution in [0.15, 0.2) is 0 Å². The second kappa shape index (κ2) is 5.13. The minimum Gasteiger partial charge on any atom is -0.396 e. The van der Waals surface area contributed by atoms with Crippen molar-refractivity contribution in [3.63, 3.8) is 0 Å². The lowest BCUT2D eigenvalue weighted by Crippen LogP contribution is -2.34. The molecule has 70 valence electrons. The van der Waals surface area contributed by atoms with E-state index in [0.717, 1.165) is 12.8 Å². The minimum absolute atomic E-state index is 0.167. The normalized spacial score (nSPS) is 33.4. The summed E-state index contributed by atoms with van der Waals surface area (Å²) < 4.78 is 0. The molecule has 0 radical (unpaired) electrons. The maximum absolute atomic E-state index is 8.73. The van der Waals surface area contributed by atoms with Crippen LogP contribution in [0.3, 0.4) is 0 Å². The molecule has 3 heteroatoms. The van der Waals surface area contributed by atoms with E-state index in [2.05, 4.69) is 6.07 Å². The van der Waals surface area contributed by atoms with Crippen LogP contribution in [0.2, 0.25) is 0 Å². The van der Waals surface area contributed by atoms with E-state index < -0.39 is 5.54 Å². The molecule has 3 nitrogen and oxygen atoms in total. The first-order valence-corrected chi connectivity index (χ1v) is 4.51. The van der Waals surface area contributed by atoms with Gasteiger partial charge >= 0.3 is 0 Å². The number of hydrogen-bond donors (Lipinski definition) is 2. The summed E-state index contributed by atoms with van der Waals surface area (Å²) in [5.41, 5.74) is 5.01. The Kier molecular flexibility index (Phi) is 4.87. The molecule has 1 saturated carbocycles. The van der Waals surface area contributed by atoms with Crippen LogP contribution in [0.5, 0.6) is 0 Å². The first-order chi connectivity index (χ1) is 5.70. The van der Waals surface area contributed by atoms with Gasteiger partial charge in [0.2, 0.25) is 0 Å². The SMILES string of the molecule is CC.N#CC1(N)CCC(CO)C1. The van der Waals surface area contributed by atoms with Crippen molar-refractivity contribution in [2.75, 3.05) is 6.61 Å². The molecule has 2 unspecified atom stereocenters. The third-order valence-corrected chi connectivity index (χ3v) is 2.13. The Bertz CT molecular complexity index is 164. The zero-order chi connectivity index (χ0) is 9.61. The Morgan fingerprint density at radius 2 is 2.25 bits per heavy atom. The highest BCUT2D eigenvalue weighted by Crippen LogP contribution is 2.31. The van der Waals surface area contributed by atoms with Gasteiger partial charge in [-0.15, -0.1) is 0 Å². The third-order valence-electron chi connectivity index (χ3n) is 2.13. The molecule has 0 spiro atoms. The fraction of sp³-hybridized carbons (Fsp3) is 0.889. The summed E-state index contributed by atoms with van der Waals surface area (Å²) in [6, 6.07) is 2.07. The summed E-state index contributed by atoms with van der Waals surface area (Å²) in [6.45, 7) is 4.17. The van der Waals surface area contributed by atoms with E-state index in [1.54, 1.807) is 0 Å². The summed E-state index contributed by atoms with van der Waals surface area (Å²) in [5, 5.41) is 17.3. The lowest BCUT2D eigenvalue weighted by Gasteiger charge is -2.12. The Balaban J connectivity index is 0.000000561. The predicted molar refractivity (Wildman–Crippen MR) is 48.3 cm³/mol. The topological polar surface area (TPSA) is 70.0 Å². The van der Waals surface area contributed by atoms with E-state index in [9.17, 15) is 0 Å². The molecule has 0 bridgehead atoms. The van der Waals surface area contributed by atoms with Crippen molar-refractivity contribution in [1.29, 1.82) is 5.26 Å². The van der Waals surface area contributed by atoms with Crippen LogP contribution in [0, 0.1) is 17.2 Å². The van der Waals surface area contributed by atoms with Crippen LogP contribution in [0.1, 0.15) is 33.1 Å². The van der Waals surface area contributed by atoms with E-state index in [0.29, 0.717) is 6.42 Å². The van der Waals surface area contributed by atoms with Crippen molar-refractivity contribution >= 4 is 0 Å². The predicted octanol–water partition coefficient (Wildman–Crippen LogP) is 1.03. The van der Waals surface area contributed by atoms with Gasteiger partial charge in [0, 0.05) is 6.61 Å². The summed E-state index contributed by atoms with van der Waals surface area (Å²) in [4.78, 5) is 0. The number of nitrogens with zero attached hydrogens (tertiary/aromatic N) is 1. The van der Waals surface area contributed by atoms with Crippen LogP contribution in [0.4, 0.5) is 0 Å². The fourth-order valence-electron chi connectivity index (χ4n) is 1.44. The molecule has 0 aromatic carbocycles. The van der Waals surface area contributed by atoms with Crippen LogP contribution < -0.4 is 5.73 Å². The van der Waals surface area contributed by atoms with Crippen molar-refractivity contribution in [2.45, 2.75) is 38.6 Å². The lowest BCUT2D eigenvalue weighted by atomic mass is 10.00. The molecular weight excluding hydrogens is 152 g/mol. The van der Waals surface area contributed by atoms with Crippen LogP contribution in [0.25, 0.3) is 0 Å². The van der Waals surface area contributed by atoms with E-state index in [-0.39, 0.29) is 12.5 Å². The molecule has 0 aromatic heterocycles. The molecule has 0 saturated heterocycles. The van der Waals surface area contributed by atoms with Gasteiger partial charge in [0.15, 0.2) is 0 Å². The van der Waals surface area contributed by atoms with E-state index in [1.165, 1.54) is 0 Å². The van der Waals surface area contributed by atoms with Gasteiger partial charge in [-0.25, -0.2) is 0 Å². The zero-order valence-electron chi connectivity index (χ0n) is 7.88. The first-order valence-electron chi connectivity index (χ1n) is 4.51. The molecule has 12 heavy (non-hydrogen) atoms. The van der Waals surface area contributed by atoms with Crippen LogP contribution in [-0.4, -0.2) is 17.3 Å². The van der Waals surface area contributed by atoms with Gasteiger partial charge in [0.25, 0.3) is 0 Å². The number of aliphatic hydroxyl groups is 1. The molecule has 0 aromatic rings. The van der Waals surface area contributed by atoms with E-state index in [1.807, 2.05) is 13.8 Å². The van der Waals surface area contributed by atoms with Gasteiger partial charge in [-0.05, 0) is 25.2 Å². The van der Waals surface area contributed by atoms with Gasteiger partial charge in [-0.3, -0.25) is 0 Å². The largest absolute Gasteiger partial charge is 0.396 e. The molecule has 1 aliphatic rings. The molecule has 1 aliphatic carbocycles. The van der Waals surface area contributed by atoms with Crippen molar-refractivity contribution in [1.82, 2.24) is 0 Å². The minimum atomic E-state index is -0.645. The number of aliphatic hydroxyl groups excluding tert-OH is 1. The fourth-order valence-corrected chi connectivity index (χ4v) is 1.44. The van der Waals surface area contributed by atoms with Crippen molar-refractivity contribution < 1.29 is 5.11 Å². The second-order valence-electron chi connectivity index (χ2n) is 3.06. The summed E-state index contributed by atoms with van der Waals surface area (Å²) in [5.74, 6) is 0.254. The number of rotatable bonds is 1. The molecule has 2 atom stereocenters. The van der Waals surface area contributed by atoms with E-state index >= 15 is 0 Å². The molecule has 0 aliphatic heterocycles. The van der Waals surface area contributed by atoms with Gasteiger partial charge in [-0.1, -0.05) is 13.8 Å².